The predicted octanol–water partition coefficient (Wildman–Crippen LogP) is 4.57. The average Bonchev–Trinajstić information content (AvgIpc) is 3.48. The van der Waals surface area contributed by atoms with E-state index >= 15 is 0 Å². The van der Waals surface area contributed by atoms with Gasteiger partial charge in [0.2, 0.25) is 0 Å². The Morgan fingerprint density at radius 3 is 2.50 bits per heavy atom. The Morgan fingerprint density at radius 1 is 0.812 bits per heavy atom. The van der Waals surface area contributed by atoms with Crippen LogP contribution in [0.2, 0.25) is 0 Å². The van der Waals surface area contributed by atoms with E-state index in [0.717, 1.165) is 5.75 Å². The van der Waals surface area contributed by atoms with Crippen LogP contribution in [0.5, 0.6) is 5.75 Å². The average molecular weight is 423 g/mol. The van der Waals surface area contributed by atoms with Crippen LogP contribution >= 0.6 is 0 Å². The molecule has 2 heterocycles. The molecule has 0 spiro atoms. The topological polar surface area (TPSA) is 74.0 Å². The standard InChI is InChI=1S/C25H21N5O2/c31-25(23-13-15-30(27-23)18-32-21-10-2-1-3-11-21)26-24-14-16-29(28-24)17-20-9-6-8-19-7-4-5-12-22(19)20/h1-16H,17-18H2,(H,26,28,31). The molecule has 0 bridgehead atoms. The van der Waals surface area contributed by atoms with Gasteiger partial charge in [0, 0.05) is 18.5 Å². The van der Waals surface area contributed by atoms with E-state index in [4.69, 9.17) is 4.74 Å². The van der Waals surface area contributed by atoms with Crippen LogP contribution in [0.4, 0.5) is 5.82 Å². The molecule has 0 aliphatic carbocycles. The van der Waals surface area contributed by atoms with E-state index in [1.165, 1.54) is 16.3 Å². The lowest BCUT2D eigenvalue weighted by Crippen LogP contribution is -2.15. The second kappa shape index (κ2) is 8.77. The monoisotopic (exact) mass is 423 g/mol. The molecule has 0 saturated carbocycles. The van der Waals surface area contributed by atoms with Crippen LogP contribution in [-0.2, 0) is 13.3 Å². The van der Waals surface area contributed by atoms with Crippen LogP contribution in [0.15, 0.2) is 97.3 Å². The molecule has 0 saturated heterocycles. The Labute approximate surface area is 184 Å². The minimum Gasteiger partial charge on any atom is -0.471 e. The number of anilines is 1. The summed E-state index contributed by atoms with van der Waals surface area (Å²) in [5.41, 5.74) is 1.46. The van der Waals surface area contributed by atoms with Crippen molar-refractivity contribution in [2.24, 2.45) is 0 Å². The number of hydrogen-bond donors (Lipinski definition) is 1. The number of carbonyl (C=O) groups is 1. The number of ether oxygens (including phenoxy) is 1. The summed E-state index contributed by atoms with van der Waals surface area (Å²) in [6.45, 7) is 0.833. The molecule has 0 fully saturated rings. The van der Waals surface area contributed by atoms with E-state index in [0.29, 0.717) is 18.1 Å². The third-order valence-corrected chi connectivity index (χ3v) is 5.07. The van der Waals surface area contributed by atoms with Gasteiger partial charge in [-0.1, -0.05) is 60.7 Å². The summed E-state index contributed by atoms with van der Waals surface area (Å²) in [6.07, 6.45) is 3.56. The van der Waals surface area contributed by atoms with Crippen molar-refractivity contribution in [3.63, 3.8) is 0 Å². The summed E-state index contributed by atoms with van der Waals surface area (Å²) in [5.74, 6) is 0.898. The van der Waals surface area contributed by atoms with Gasteiger partial charge >= 0.3 is 0 Å². The van der Waals surface area contributed by atoms with Crippen molar-refractivity contribution in [3.8, 4) is 5.75 Å². The molecule has 3 aromatic carbocycles. The van der Waals surface area contributed by atoms with E-state index < -0.39 is 0 Å². The number of benzene rings is 3. The lowest BCUT2D eigenvalue weighted by Gasteiger charge is -2.07. The van der Waals surface area contributed by atoms with Crippen molar-refractivity contribution < 1.29 is 9.53 Å². The van der Waals surface area contributed by atoms with Gasteiger partial charge in [0.25, 0.3) is 5.91 Å². The molecule has 5 aromatic rings. The minimum atomic E-state index is -0.320. The van der Waals surface area contributed by atoms with Crippen LogP contribution in [-0.4, -0.2) is 25.5 Å². The van der Waals surface area contributed by atoms with Crippen molar-refractivity contribution in [1.82, 2.24) is 19.6 Å². The molecular formula is C25H21N5O2. The van der Waals surface area contributed by atoms with Gasteiger partial charge in [-0.25, -0.2) is 4.68 Å². The molecule has 0 unspecified atom stereocenters. The third kappa shape index (κ3) is 4.37. The highest BCUT2D eigenvalue weighted by Gasteiger charge is 2.12. The number of nitrogens with zero attached hydrogens (tertiary/aromatic N) is 4. The molecule has 0 aliphatic heterocycles. The highest BCUT2D eigenvalue weighted by atomic mass is 16.5. The largest absolute Gasteiger partial charge is 0.471 e. The van der Waals surface area contributed by atoms with E-state index in [-0.39, 0.29) is 12.6 Å². The normalized spacial score (nSPS) is 10.9. The van der Waals surface area contributed by atoms with Crippen molar-refractivity contribution in [1.29, 1.82) is 0 Å². The summed E-state index contributed by atoms with van der Waals surface area (Å²) in [4.78, 5) is 12.6. The first-order valence-electron chi connectivity index (χ1n) is 10.3. The van der Waals surface area contributed by atoms with E-state index in [9.17, 15) is 4.79 Å². The lowest BCUT2D eigenvalue weighted by molar-refractivity contribution is 0.101. The maximum absolute atomic E-state index is 12.6. The Balaban J connectivity index is 1.22. The Bertz CT molecular complexity index is 1350. The molecule has 7 nitrogen and oxygen atoms in total. The maximum atomic E-state index is 12.6. The summed E-state index contributed by atoms with van der Waals surface area (Å²) in [7, 11) is 0. The van der Waals surface area contributed by atoms with Crippen LogP contribution < -0.4 is 10.1 Å². The Morgan fingerprint density at radius 2 is 1.59 bits per heavy atom. The van der Waals surface area contributed by atoms with Crippen LogP contribution in [0.1, 0.15) is 16.1 Å². The molecule has 1 amide bonds. The highest BCUT2D eigenvalue weighted by Crippen LogP contribution is 2.19. The Hall–Kier alpha value is -4.39. The SMILES string of the molecule is O=C(Nc1ccn(Cc2cccc3ccccc23)n1)c1ccn(COc2ccccc2)n1. The molecule has 0 aliphatic rings. The third-order valence-electron chi connectivity index (χ3n) is 5.07. The fraction of sp³-hybridized carbons (Fsp3) is 0.0800. The van der Waals surface area contributed by atoms with Gasteiger partial charge in [-0.15, -0.1) is 0 Å². The van der Waals surface area contributed by atoms with Crippen molar-refractivity contribution in [2.45, 2.75) is 13.3 Å². The van der Waals surface area contributed by atoms with E-state index in [1.807, 2.05) is 59.4 Å². The molecule has 1 N–H and O–H groups in total. The zero-order valence-electron chi connectivity index (χ0n) is 17.3. The number of amides is 1. The highest BCUT2D eigenvalue weighted by molar-refractivity contribution is 6.02. The van der Waals surface area contributed by atoms with Crippen molar-refractivity contribution in [3.05, 3.63) is 109 Å². The quantitative estimate of drug-likeness (QED) is 0.416. The first kappa shape index (κ1) is 19.6. The van der Waals surface area contributed by atoms with Crippen molar-refractivity contribution in [2.75, 3.05) is 5.32 Å². The van der Waals surface area contributed by atoms with Gasteiger partial charge in [-0.3, -0.25) is 9.48 Å². The van der Waals surface area contributed by atoms with Crippen molar-refractivity contribution >= 4 is 22.5 Å². The number of rotatable bonds is 7. The van der Waals surface area contributed by atoms with E-state index in [2.05, 4.69) is 39.8 Å². The molecular weight excluding hydrogens is 402 g/mol. The van der Waals surface area contributed by atoms with Crippen LogP contribution in [0, 0.1) is 0 Å². The number of nitrogens with one attached hydrogen (secondary N) is 1. The number of para-hydroxylation sites is 1. The molecule has 5 rings (SSSR count). The first-order chi connectivity index (χ1) is 15.7. The van der Waals surface area contributed by atoms with Gasteiger partial charge < -0.3 is 10.1 Å². The predicted molar refractivity (Wildman–Crippen MR) is 123 cm³/mol. The fourth-order valence-electron chi connectivity index (χ4n) is 3.51. The number of carbonyl (C=O) groups excluding carboxylic acids is 1. The number of aromatic nitrogens is 4. The number of hydrogen-bond acceptors (Lipinski definition) is 4. The summed E-state index contributed by atoms with van der Waals surface area (Å²) < 4.78 is 9.03. The van der Waals surface area contributed by atoms with Gasteiger partial charge in [-0.2, -0.15) is 10.2 Å². The molecule has 32 heavy (non-hydrogen) atoms. The molecule has 0 radical (unpaired) electrons. The fourth-order valence-corrected chi connectivity index (χ4v) is 3.51. The smallest absolute Gasteiger partial charge is 0.277 e. The summed E-state index contributed by atoms with van der Waals surface area (Å²) in [5, 5.41) is 13.9. The second-order valence-electron chi connectivity index (χ2n) is 7.32. The zero-order chi connectivity index (χ0) is 21.8. The van der Waals surface area contributed by atoms with Gasteiger partial charge in [0.05, 0.1) is 6.54 Å². The van der Waals surface area contributed by atoms with Gasteiger partial charge in [0.1, 0.15) is 5.75 Å². The molecule has 2 aromatic heterocycles. The Kier molecular flexibility index (Phi) is 5.36. The first-order valence-corrected chi connectivity index (χ1v) is 10.3. The minimum absolute atomic E-state index is 0.219. The summed E-state index contributed by atoms with van der Waals surface area (Å²) in [6, 6.07) is 27.4. The van der Waals surface area contributed by atoms with Crippen LogP contribution in [0.25, 0.3) is 10.8 Å². The van der Waals surface area contributed by atoms with Gasteiger partial charge in [-0.05, 0) is 34.5 Å². The lowest BCUT2D eigenvalue weighted by atomic mass is 10.0. The molecule has 158 valence electrons. The van der Waals surface area contributed by atoms with E-state index in [1.54, 1.807) is 23.0 Å². The summed E-state index contributed by atoms with van der Waals surface area (Å²) >= 11 is 0. The molecule has 0 atom stereocenters. The maximum Gasteiger partial charge on any atom is 0.277 e. The second-order valence-corrected chi connectivity index (χ2v) is 7.32. The number of fused-ring (bicyclic) bond motifs is 1. The molecule has 7 heteroatoms. The van der Waals surface area contributed by atoms with Crippen LogP contribution in [0.3, 0.4) is 0 Å². The zero-order valence-corrected chi connectivity index (χ0v) is 17.3. The van der Waals surface area contributed by atoms with Gasteiger partial charge in [0.15, 0.2) is 18.2 Å².